The maximum Gasteiger partial charge on any atom is 0.243 e. The quantitative estimate of drug-likeness (QED) is 0.798. The first-order chi connectivity index (χ1) is 11.7. The van der Waals surface area contributed by atoms with Crippen molar-refractivity contribution in [2.24, 2.45) is 0 Å². The second kappa shape index (κ2) is 7.87. The van der Waals surface area contributed by atoms with E-state index in [-0.39, 0.29) is 12.6 Å². The second-order valence-corrected chi connectivity index (χ2v) is 6.23. The Bertz CT molecular complexity index is 632. The molecule has 1 saturated heterocycles. The van der Waals surface area contributed by atoms with Gasteiger partial charge in [-0.15, -0.1) is 0 Å². The van der Waals surface area contributed by atoms with E-state index < -0.39 is 0 Å². The van der Waals surface area contributed by atoms with Crippen molar-refractivity contribution < 1.29 is 9.63 Å². The van der Waals surface area contributed by atoms with Gasteiger partial charge in [-0.25, -0.2) is 0 Å². The Balaban J connectivity index is 1.49. The lowest BCUT2D eigenvalue weighted by Crippen LogP contribution is -2.46. The van der Waals surface area contributed by atoms with Crippen LogP contribution in [-0.2, 0) is 19.5 Å². The van der Waals surface area contributed by atoms with Crippen LogP contribution in [0.2, 0.25) is 0 Å². The first-order valence-electron chi connectivity index (χ1n) is 8.60. The Morgan fingerprint density at radius 1 is 1.29 bits per heavy atom. The lowest BCUT2D eigenvalue weighted by molar-refractivity contribution is 0.0845. The van der Waals surface area contributed by atoms with Crippen LogP contribution in [0.25, 0.3) is 0 Å². The van der Waals surface area contributed by atoms with Crippen LogP contribution in [0.1, 0.15) is 37.2 Å². The number of aromatic nitrogens is 4. The van der Waals surface area contributed by atoms with Crippen LogP contribution in [0.5, 0.6) is 0 Å². The van der Waals surface area contributed by atoms with Gasteiger partial charge in [0.15, 0.2) is 5.82 Å². The van der Waals surface area contributed by atoms with Crippen molar-refractivity contribution in [3.05, 3.63) is 29.7 Å². The van der Waals surface area contributed by atoms with E-state index in [4.69, 9.17) is 9.63 Å². The predicted molar refractivity (Wildman–Crippen MR) is 88.3 cm³/mol. The summed E-state index contributed by atoms with van der Waals surface area (Å²) >= 11 is 0. The lowest BCUT2D eigenvalue weighted by atomic mass is 10.2. The highest BCUT2D eigenvalue weighted by molar-refractivity contribution is 5.04. The summed E-state index contributed by atoms with van der Waals surface area (Å²) in [6.07, 6.45) is 4.69. The molecule has 3 rings (SSSR count). The van der Waals surface area contributed by atoms with Crippen molar-refractivity contribution in [2.45, 2.75) is 39.4 Å². The van der Waals surface area contributed by atoms with Crippen LogP contribution < -0.4 is 0 Å². The van der Waals surface area contributed by atoms with Gasteiger partial charge in [0.25, 0.3) is 0 Å². The van der Waals surface area contributed by atoms with E-state index in [0.29, 0.717) is 12.4 Å². The molecule has 8 heteroatoms. The number of hydrogen-bond acceptors (Lipinski definition) is 7. The molecule has 0 bridgehead atoms. The highest BCUT2D eigenvalue weighted by Crippen LogP contribution is 2.20. The fraction of sp³-hybridized carbons (Fsp3) is 0.688. The second-order valence-electron chi connectivity index (χ2n) is 6.23. The van der Waals surface area contributed by atoms with Crippen molar-refractivity contribution in [1.82, 2.24) is 29.7 Å². The molecule has 1 aliphatic rings. The maximum absolute atomic E-state index is 8.95. The Hall–Kier alpha value is -1.77. The molecule has 0 saturated carbocycles. The van der Waals surface area contributed by atoms with Crippen LogP contribution in [-0.4, -0.2) is 67.6 Å². The average Bonchev–Trinajstić information content (AvgIpc) is 3.25. The number of nitrogens with zero attached hydrogens (tertiary/aromatic N) is 6. The third-order valence-electron chi connectivity index (χ3n) is 4.53. The molecular weight excluding hydrogens is 308 g/mol. The number of hydrogen-bond donors (Lipinski definition) is 1. The number of aliphatic hydroxyl groups excluding tert-OH is 1. The zero-order valence-electron chi connectivity index (χ0n) is 14.4. The zero-order valence-corrected chi connectivity index (χ0v) is 14.4. The Labute approximate surface area is 142 Å². The van der Waals surface area contributed by atoms with Crippen LogP contribution >= 0.6 is 0 Å². The molecule has 0 amide bonds. The van der Waals surface area contributed by atoms with Gasteiger partial charge < -0.3 is 9.63 Å². The van der Waals surface area contributed by atoms with Gasteiger partial charge in [0.2, 0.25) is 5.89 Å². The largest absolute Gasteiger partial charge is 0.394 e. The van der Waals surface area contributed by atoms with Gasteiger partial charge >= 0.3 is 0 Å². The van der Waals surface area contributed by atoms with Gasteiger partial charge in [0, 0.05) is 50.9 Å². The summed E-state index contributed by atoms with van der Waals surface area (Å²) in [4.78, 5) is 9.26. The average molecular weight is 334 g/mol. The van der Waals surface area contributed by atoms with Crippen LogP contribution in [0.15, 0.2) is 16.9 Å². The maximum atomic E-state index is 8.95. The molecule has 0 radical (unpaired) electrons. The molecule has 2 aromatic heterocycles. The topological polar surface area (TPSA) is 83.5 Å². The molecule has 0 aromatic carbocycles. The first-order valence-corrected chi connectivity index (χ1v) is 8.60. The van der Waals surface area contributed by atoms with E-state index in [1.165, 1.54) is 5.56 Å². The lowest BCUT2D eigenvalue weighted by Gasteiger charge is -2.36. The fourth-order valence-electron chi connectivity index (χ4n) is 3.02. The molecule has 1 fully saturated rings. The van der Waals surface area contributed by atoms with E-state index in [2.05, 4.69) is 32.0 Å². The predicted octanol–water partition coefficient (Wildman–Crippen LogP) is 0.700. The number of rotatable bonds is 7. The zero-order chi connectivity index (χ0) is 16.9. The molecule has 1 aliphatic heterocycles. The SMILES string of the molecule is CCc1noc(C(C)N2CCN(Cc3cnn(CCO)c3)CC2)n1. The molecule has 132 valence electrons. The Morgan fingerprint density at radius 3 is 2.75 bits per heavy atom. The third-order valence-corrected chi connectivity index (χ3v) is 4.53. The van der Waals surface area contributed by atoms with Crippen molar-refractivity contribution in [3.8, 4) is 0 Å². The van der Waals surface area contributed by atoms with Gasteiger partial charge in [-0.05, 0) is 6.92 Å². The van der Waals surface area contributed by atoms with E-state index in [0.717, 1.165) is 45.0 Å². The molecule has 2 aromatic rings. The highest BCUT2D eigenvalue weighted by Gasteiger charge is 2.25. The molecule has 1 N–H and O–H groups in total. The summed E-state index contributed by atoms with van der Waals surface area (Å²) in [5.74, 6) is 1.49. The van der Waals surface area contributed by atoms with Crippen molar-refractivity contribution >= 4 is 0 Å². The fourth-order valence-corrected chi connectivity index (χ4v) is 3.02. The molecule has 0 aliphatic carbocycles. The van der Waals surface area contributed by atoms with E-state index in [1.54, 1.807) is 4.68 Å². The minimum atomic E-state index is 0.118. The van der Waals surface area contributed by atoms with E-state index >= 15 is 0 Å². The molecule has 1 atom stereocenters. The van der Waals surface area contributed by atoms with Gasteiger partial charge in [0.1, 0.15) is 0 Å². The first kappa shape index (κ1) is 17.1. The Kier molecular flexibility index (Phi) is 5.60. The van der Waals surface area contributed by atoms with Crippen molar-refractivity contribution in [2.75, 3.05) is 32.8 Å². The number of piperazine rings is 1. The third kappa shape index (κ3) is 4.00. The highest BCUT2D eigenvalue weighted by atomic mass is 16.5. The minimum Gasteiger partial charge on any atom is -0.394 e. The summed E-state index contributed by atoms with van der Waals surface area (Å²) < 4.78 is 7.16. The van der Waals surface area contributed by atoms with Crippen LogP contribution in [0, 0.1) is 0 Å². The number of aryl methyl sites for hydroxylation is 1. The van der Waals surface area contributed by atoms with Crippen molar-refractivity contribution in [3.63, 3.8) is 0 Å². The van der Waals surface area contributed by atoms with Gasteiger partial charge in [-0.1, -0.05) is 12.1 Å². The van der Waals surface area contributed by atoms with Gasteiger partial charge in [-0.3, -0.25) is 14.5 Å². The monoisotopic (exact) mass is 334 g/mol. The molecule has 3 heterocycles. The van der Waals surface area contributed by atoms with E-state index in [1.807, 2.05) is 19.3 Å². The van der Waals surface area contributed by atoms with Crippen LogP contribution in [0.4, 0.5) is 0 Å². The standard InChI is InChI=1S/C16H26N6O2/c1-3-15-18-16(24-19-15)13(2)21-6-4-20(5-7-21)11-14-10-17-22(12-14)8-9-23/h10,12-13,23H,3-9,11H2,1-2H3. The summed E-state index contributed by atoms with van der Waals surface area (Å²) in [5.41, 5.74) is 1.19. The molecule has 0 spiro atoms. The Morgan fingerprint density at radius 2 is 2.08 bits per heavy atom. The smallest absolute Gasteiger partial charge is 0.243 e. The molecule has 8 nitrogen and oxygen atoms in total. The van der Waals surface area contributed by atoms with E-state index in [9.17, 15) is 0 Å². The molecular formula is C16H26N6O2. The summed E-state index contributed by atoms with van der Waals surface area (Å²) in [5, 5.41) is 17.2. The summed E-state index contributed by atoms with van der Waals surface area (Å²) in [6, 6.07) is 0.159. The summed E-state index contributed by atoms with van der Waals surface area (Å²) in [6.45, 7) is 9.69. The molecule has 24 heavy (non-hydrogen) atoms. The van der Waals surface area contributed by atoms with Crippen LogP contribution in [0.3, 0.4) is 0 Å². The van der Waals surface area contributed by atoms with Gasteiger partial charge in [-0.2, -0.15) is 10.1 Å². The molecule has 1 unspecified atom stereocenters. The van der Waals surface area contributed by atoms with Crippen molar-refractivity contribution in [1.29, 1.82) is 0 Å². The van der Waals surface area contributed by atoms with Gasteiger partial charge in [0.05, 0.1) is 25.4 Å². The number of aliphatic hydroxyl groups is 1. The minimum absolute atomic E-state index is 0.118. The summed E-state index contributed by atoms with van der Waals surface area (Å²) in [7, 11) is 0. The normalized spacial score (nSPS) is 18.1.